The molecule has 0 radical (unpaired) electrons. The van der Waals surface area contributed by atoms with E-state index in [2.05, 4.69) is 121 Å². The van der Waals surface area contributed by atoms with Gasteiger partial charge in [-0.3, -0.25) is 0 Å². The van der Waals surface area contributed by atoms with Gasteiger partial charge in [0.15, 0.2) is 6.17 Å². The molecular formula is C43H27N3OS. The minimum Gasteiger partial charge on any atom is -0.456 e. The zero-order valence-corrected chi connectivity index (χ0v) is 26.5. The number of benzene rings is 7. The largest absolute Gasteiger partial charge is 0.456 e. The molecule has 0 aliphatic carbocycles. The van der Waals surface area contributed by atoms with E-state index in [1.807, 2.05) is 47.7 Å². The van der Waals surface area contributed by atoms with Crippen molar-refractivity contribution in [3.63, 3.8) is 0 Å². The van der Waals surface area contributed by atoms with Gasteiger partial charge in [-0.15, -0.1) is 11.3 Å². The summed E-state index contributed by atoms with van der Waals surface area (Å²) in [5.74, 6) is 1.58. The Morgan fingerprint density at radius 3 is 1.90 bits per heavy atom. The molecule has 1 aliphatic rings. The molecule has 10 rings (SSSR count). The van der Waals surface area contributed by atoms with E-state index in [1.165, 1.54) is 25.6 Å². The number of rotatable bonds is 4. The second-order valence-corrected chi connectivity index (χ2v) is 13.3. The molecule has 0 amide bonds. The number of fused-ring (bicyclic) bond motifs is 7. The molecule has 4 nitrogen and oxygen atoms in total. The third kappa shape index (κ3) is 4.36. The van der Waals surface area contributed by atoms with Gasteiger partial charge in [0.2, 0.25) is 0 Å². The molecule has 5 heteroatoms. The Morgan fingerprint density at radius 1 is 0.500 bits per heavy atom. The van der Waals surface area contributed by atoms with Crippen molar-refractivity contribution in [2.75, 3.05) is 0 Å². The zero-order valence-electron chi connectivity index (χ0n) is 25.7. The van der Waals surface area contributed by atoms with Gasteiger partial charge in [0, 0.05) is 47.6 Å². The van der Waals surface area contributed by atoms with Gasteiger partial charge in [0.05, 0.1) is 0 Å². The van der Waals surface area contributed by atoms with Gasteiger partial charge < -0.3 is 9.73 Å². The molecule has 0 saturated carbocycles. The van der Waals surface area contributed by atoms with Gasteiger partial charge in [-0.1, -0.05) is 121 Å². The number of furan rings is 1. The number of nitrogens with one attached hydrogen (secondary N) is 1. The van der Waals surface area contributed by atoms with Crippen LogP contribution in [0.15, 0.2) is 166 Å². The molecule has 1 aliphatic heterocycles. The summed E-state index contributed by atoms with van der Waals surface area (Å²) in [7, 11) is 0. The van der Waals surface area contributed by atoms with Crippen LogP contribution in [0.4, 0.5) is 0 Å². The van der Waals surface area contributed by atoms with Crippen LogP contribution in [0.25, 0.3) is 64.0 Å². The van der Waals surface area contributed by atoms with Gasteiger partial charge in [0.25, 0.3) is 0 Å². The Labute approximate surface area is 280 Å². The Bertz CT molecular complexity index is 2700. The number of nitrogens with zero attached hydrogens (tertiary/aromatic N) is 2. The lowest BCUT2D eigenvalue weighted by Gasteiger charge is -2.24. The highest BCUT2D eigenvalue weighted by Gasteiger charge is 2.27. The molecule has 0 bridgehead atoms. The Balaban J connectivity index is 1.29. The minimum absolute atomic E-state index is 0.527. The van der Waals surface area contributed by atoms with Gasteiger partial charge in [-0.05, 0) is 52.2 Å². The highest BCUT2D eigenvalue weighted by atomic mass is 32.1. The predicted molar refractivity (Wildman–Crippen MR) is 201 cm³/mol. The van der Waals surface area contributed by atoms with E-state index >= 15 is 0 Å². The first-order valence-corrected chi connectivity index (χ1v) is 16.9. The molecule has 0 saturated heterocycles. The fraction of sp³-hybridized carbons (Fsp3) is 0.0233. The number of amidine groups is 2. The van der Waals surface area contributed by atoms with Crippen LogP contribution < -0.4 is 5.32 Å². The van der Waals surface area contributed by atoms with E-state index in [1.54, 1.807) is 0 Å². The topological polar surface area (TPSA) is 49.9 Å². The molecule has 226 valence electrons. The van der Waals surface area contributed by atoms with Crippen molar-refractivity contribution in [3.8, 4) is 11.1 Å². The van der Waals surface area contributed by atoms with Gasteiger partial charge in [-0.25, -0.2) is 9.98 Å². The van der Waals surface area contributed by atoms with Crippen LogP contribution in [0.5, 0.6) is 0 Å². The molecule has 48 heavy (non-hydrogen) atoms. The maximum atomic E-state index is 6.61. The molecule has 7 aromatic carbocycles. The van der Waals surface area contributed by atoms with Crippen molar-refractivity contribution in [3.05, 3.63) is 168 Å². The lowest BCUT2D eigenvalue weighted by atomic mass is 9.92. The van der Waals surface area contributed by atoms with Crippen molar-refractivity contribution >= 4 is 75.9 Å². The summed E-state index contributed by atoms with van der Waals surface area (Å²) >= 11 is 1.83. The van der Waals surface area contributed by atoms with Crippen LogP contribution in [0, 0.1) is 0 Å². The van der Waals surface area contributed by atoms with E-state index in [-0.39, 0.29) is 0 Å². The van der Waals surface area contributed by atoms with E-state index in [4.69, 9.17) is 14.4 Å². The van der Waals surface area contributed by atoms with Crippen molar-refractivity contribution in [1.82, 2.24) is 5.32 Å². The average Bonchev–Trinajstić information content (AvgIpc) is 3.71. The summed E-state index contributed by atoms with van der Waals surface area (Å²) in [6.45, 7) is 0. The number of hydrogen-bond acceptors (Lipinski definition) is 5. The highest BCUT2D eigenvalue weighted by Crippen LogP contribution is 2.45. The van der Waals surface area contributed by atoms with E-state index in [0.717, 1.165) is 66.8 Å². The maximum absolute atomic E-state index is 6.61. The summed E-state index contributed by atoms with van der Waals surface area (Å²) in [6, 6.07) is 53.2. The van der Waals surface area contributed by atoms with Crippen LogP contribution in [-0.4, -0.2) is 11.7 Å². The van der Waals surface area contributed by atoms with Crippen LogP contribution in [0.2, 0.25) is 0 Å². The van der Waals surface area contributed by atoms with E-state index in [9.17, 15) is 0 Å². The SMILES string of the molecule is c1ccc(C2=NC(c3c(-c4ccc5c(c4)sc4ccccc45)ccc4oc5cc6ccccc6cc5c34)N=C(c3ccccc3)N2)cc1. The smallest absolute Gasteiger partial charge is 0.171 e. The minimum atomic E-state index is -0.527. The first-order chi connectivity index (χ1) is 23.8. The third-order valence-corrected chi connectivity index (χ3v) is 10.5. The molecule has 0 atom stereocenters. The summed E-state index contributed by atoms with van der Waals surface area (Å²) in [5.41, 5.74) is 6.96. The fourth-order valence-corrected chi connectivity index (χ4v) is 8.20. The normalized spacial score (nSPS) is 13.8. The number of thiophene rings is 1. The van der Waals surface area contributed by atoms with E-state index in [0.29, 0.717) is 0 Å². The Hall–Kier alpha value is -6.04. The summed E-state index contributed by atoms with van der Waals surface area (Å²) in [6.07, 6.45) is -0.527. The number of hydrogen-bond donors (Lipinski definition) is 1. The Morgan fingerprint density at radius 2 is 1.15 bits per heavy atom. The van der Waals surface area contributed by atoms with Crippen LogP contribution in [0.3, 0.4) is 0 Å². The second kappa shape index (κ2) is 10.8. The summed E-state index contributed by atoms with van der Waals surface area (Å²) < 4.78 is 9.16. The van der Waals surface area contributed by atoms with E-state index < -0.39 is 6.17 Å². The van der Waals surface area contributed by atoms with Crippen molar-refractivity contribution < 1.29 is 4.42 Å². The molecule has 0 spiro atoms. The molecule has 1 N–H and O–H groups in total. The standard InChI is InChI=1S/C43H27N3OS/c1-3-11-26(12-4-1)41-44-42(27-13-5-2-6-14-27)46-43(45-41)40-31(30-19-20-33-32-17-9-10-18-37(32)48-38(33)25-30)21-22-35-39(40)34-23-28-15-7-8-16-29(28)24-36(34)47-35/h1-25,43H,(H,44,45,46). The van der Waals surface area contributed by atoms with Crippen LogP contribution >= 0.6 is 11.3 Å². The van der Waals surface area contributed by atoms with Crippen LogP contribution in [-0.2, 0) is 0 Å². The lowest BCUT2D eigenvalue weighted by molar-refractivity contribution is 0.668. The molecule has 0 fully saturated rings. The van der Waals surface area contributed by atoms with Crippen molar-refractivity contribution in [2.24, 2.45) is 9.98 Å². The molecular weight excluding hydrogens is 607 g/mol. The van der Waals surface area contributed by atoms with Crippen molar-refractivity contribution in [2.45, 2.75) is 6.17 Å². The van der Waals surface area contributed by atoms with Crippen LogP contribution in [0.1, 0.15) is 22.9 Å². The molecule has 0 unspecified atom stereocenters. The lowest BCUT2D eigenvalue weighted by Crippen LogP contribution is -2.36. The quantitative estimate of drug-likeness (QED) is 0.210. The monoisotopic (exact) mass is 633 g/mol. The first-order valence-electron chi connectivity index (χ1n) is 16.1. The summed E-state index contributed by atoms with van der Waals surface area (Å²) in [5, 5.41) is 10.6. The van der Waals surface area contributed by atoms with Crippen molar-refractivity contribution in [1.29, 1.82) is 0 Å². The first kappa shape index (κ1) is 27.1. The fourth-order valence-electron chi connectivity index (χ4n) is 7.06. The maximum Gasteiger partial charge on any atom is 0.171 e. The Kier molecular flexibility index (Phi) is 6.08. The zero-order chi connectivity index (χ0) is 31.6. The molecule has 9 aromatic rings. The predicted octanol–water partition coefficient (Wildman–Crippen LogP) is 11.3. The number of aliphatic imine (C=N–C) groups is 2. The van der Waals surface area contributed by atoms with Gasteiger partial charge >= 0.3 is 0 Å². The average molecular weight is 634 g/mol. The van der Waals surface area contributed by atoms with Gasteiger partial charge in [0.1, 0.15) is 22.8 Å². The highest BCUT2D eigenvalue weighted by molar-refractivity contribution is 7.25. The van der Waals surface area contributed by atoms with Gasteiger partial charge in [-0.2, -0.15) is 0 Å². The molecule has 3 heterocycles. The molecule has 2 aromatic heterocycles. The summed E-state index contributed by atoms with van der Waals surface area (Å²) in [4.78, 5) is 10.7. The third-order valence-electron chi connectivity index (χ3n) is 9.33. The second-order valence-electron chi connectivity index (χ2n) is 12.2.